The van der Waals surface area contributed by atoms with Crippen molar-refractivity contribution in [2.24, 2.45) is 0 Å². The molecule has 24 heavy (non-hydrogen) atoms. The number of allylic oxidation sites excluding steroid dienone is 1. The third kappa shape index (κ3) is 3.13. The molecule has 0 atom stereocenters. The zero-order valence-corrected chi connectivity index (χ0v) is 12.6. The first-order chi connectivity index (χ1) is 11.6. The van der Waals surface area contributed by atoms with Gasteiger partial charge in [0.2, 0.25) is 0 Å². The molecule has 0 heterocycles. The minimum Gasteiger partial charge on any atom is -0.372 e. The molecular formula is C18H13NO5. The minimum absolute atomic E-state index is 0.0202. The van der Waals surface area contributed by atoms with Crippen molar-refractivity contribution in [1.82, 2.24) is 0 Å². The molecule has 0 unspecified atom stereocenters. The van der Waals surface area contributed by atoms with Crippen LogP contribution in [-0.2, 0) is 11.3 Å². The monoisotopic (exact) mass is 323 g/mol. The summed E-state index contributed by atoms with van der Waals surface area (Å²) in [5.41, 5.74) is 1.65. The normalized spacial score (nSPS) is 13.4. The van der Waals surface area contributed by atoms with Gasteiger partial charge in [0.05, 0.1) is 18.1 Å². The summed E-state index contributed by atoms with van der Waals surface area (Å²) in [6.07, 6.45) is 1.29. The molecular weight excluding hydrogens is 310 g/mol. The molecule has 0 aliphatic heterocycles. The lowest BCUT2D eigenvalue weighted by atomic mass is 9.90. The van der Waals surface area contributed by atoms with Gasteiger partial charge < -0.3 is 4.74 Å². The Labute approximate surface area is 137 Å². The van der Waals surface area contributed by atoms with E-state index in [-0.39, 0.29) is 36.0 Å². The van der Waals surface area contributed by atoms with E-state index >= 15 is 0 Å². The van der Waals surface area contributed by atoms with Crippen LogP contribution < -0.4 is 0 Å². The standard InChI is InChI=1S/C18H13NO5/c20-17-9-13(18(21)16-7-2-1-6-15(16)17)11-24-10-12-4-3-5-14(8-12)19(22)23/h1-9H,10-11H2. The minimum atomic E-state index is -0.480. The van der Waals surface area contributed by atoms with Crippen LogP contribution in [0.3, 0.4) is 0 Å². The maximum atomic E-state index is 12.4. The highest BCUT2D eigenvalue weighted by atomic mass is 16.6. The maximum absolute atomic E-state index is 12.4. The Kier molecular flexibility index (Phi) is 4.31. The first-order valence-corrected chi connectivity index (χ1v) is 7.26. The van der Waals surface area contributed by atoms with Gasteiger partial charge in [0.15, 0.2) is 11.6 Å². The van der Waals surface area contributed by atoms with Gasteiger partial charge in [0.25, 0.3) is 5.69 Å². The predicted octanol–water partition coefficient (Wildman–Crippen LogP) is 3.12. The van der Waals surface area contributed by atoms with Crippen LogP contribution in [0.1, 0.15) is 26.3 Å². The molecule has 0 saturated heterocycles. The highest BCUT2D eigenvalue weighted by Gasteiger charge is 2.24. The van der Waals surface area contributed by atoms with Crippen LogP contribution in [0.5, 0.6) is 0 Å². The lowest BCUT2D eigenvalue weighted by Crippen LogP contribution is -2.19. The molecule has 0 bridgehead atoms. The van der Waals surface area contributed by atoms with Crippen molar-refractivity contribution in [2.75, 3.05) is 6.61 Å². The second kappa shape index (κ2) is 6.55. The number of nitro benzene ring substituents is 1. The lowest BCUT2D eigenvalue weighted by molar-refractivity contribution is -0.384. The number of ketones is 2. The Hall–Kier alpha value is -3.12. The van der Waals surface area contributed by atoms with Crippen molar-refractivity contribution >= 4 is 17.3 Å². The molecule has 1 aliphatic rings. The molecule has 0 fully saturated rings. The van der Waals surface area contributed by atoms with Crippen LogP contribution in [0, 0.1) is 10.1 Å². The van der Waals surface area contributed by atoms with Gasteiger partial charge in [0.1, 0.15) is 0 Å². The van der Waals surface area contributed by atoms with Gasteiger partial charge >= 0.3 is 0 Å². The number of carbonyl (C=O) groups is 2. The van der Waals surface area contributed by atoms with Crippen molar-refractivity contribution in [2.45, 2.75) is 6.61 Å². The highest BCUT2D eigenvalue weighted by Crippen LogP contribution is 2.21. The quantitative estimate of drug-likeness (QED) is 0.623. The van der Waals surface area contributed by atoms with Crippen LogP contribution >= 0.6 is 0 Å². The average molecular weight is 323 g/mol. The fraction of sp³-hybridized carbons (Fsp3) is 0.111. The van der Waals surface area contributed by atoms with Crippen molar-refractivity contribution in [3.63, 3.8) is 0 Å². The highest BCUT2D eigenvalue weighted by molar-refractivity contribution is 6.24. The molecule has 0 N–H and O–H groups in total. The molecule has 6 nitrogen and oxygen atoms in total. The molecule has 0 amide bonds. The maximum Gasteiger partial charge on any atom is 0.269 e. The summed E-state index contributed by atoms with van der Waals surface area (Å²) in [6, 6.07) is 12.7. The number of hydrogen-bond acceptors (Lipinski definition) is 5. The van der Waals surface area contributed by atoms with Crippen LogP contribution in [0.15, 0.2) is 60.2 Å². The largest absolute Gasteiger partial charge is 0.372 e. The number of nitro groups is 1. The molecule has 2 aromatic carbocycles. The lowest BCUT2D eigenvalue weighted by Gasteiger charge is -2.15. The van der Waals surface area contributed by atoms with E-state index in [9.17, 15) is 19.7 Å². The Balaban J connectivity index is 1.68. The summed E-state index contributed by atoms with van der Waals surface area (Å²) in [4.78, 5) is 34.7. The summed E-state index contributed by atoms with van der Waals surface area (Å²) in [5, 5.41) is 10.7. The number of non-ortho nitro benzene ring substituents is 1. The van der Waals surface area contributed by atoms with E-state index in [1.807, 2.05) is 0 Å². The number of Topliss-reactive ketones (excluding diaryl/α,β-unsaturated/α-hetero) is 1. The molecule has 6 heteroatoms. The summed E-state index contributed by atoms with van der Waals surface area (Å²) < 4.78 is 5.46. The van der Waals surface area contributed by atoms with Gasteiger partial charge in [-0.2, -0.15) is 0 Å². The zero-order valence-electron chi connectivity index (χ0n) is 12.6. The topological polar surface area (TPSA) is 86.5 Å². The predicted molar refractivity (Wildman–Crippen MR) is 85.9 cm³/mol. The number of carbonyl (C=O) groups excluding carboxylic acids is 2. The summed E-state index contributed by atoms with van der Waals surface area (Å²) in [5.74, 6) is -0.455. The zero-order chi connectivity index (χ0) is 17.1. The number of fused-ring (bicyclic) bond motifs is 1. The second-order valence-electron chi connectivity index (χ2n) is 5.33. The van der Waals surface area contributed by atoms with Gasteiger partial charge in [-0.1, -0.05) is 36.4 Å². The van der Waals surface area contributed by atoms with Crippen molar-refractivity contribution in [3.05, 3.63) is 87.0 Å². The van der Waals surface area contributed by atoms with Crippen molar-refractivity contribution in [1.29, 1.82) is 0 Å². The number of benzene rings is 2. The molecule has 0 saturated carbocycles. The smallest absolute Gasteiger partial charge is 0.269 e. The molecule has 1 aliphatic carbocycles. The van der Waals surface area contributed by atoms with Crippen LogP contribution in [-0.4, -0.2) is 23.1 Å². The van der Waals surface area contributed by atoms with E-state index in [0.29, 0.717) is 16.7 Å². The second-order valence-corrected chi connectivity index (χ2v) is 5.33. The van der Waals surface area contributed by atoms with Crippen LogP contribution in [0.25, 0.3) is 0 Å². The number of ether oxygens (including phenoxy) is 1. The summed E-state index contributed by atoms with van der Waals surface area (Å²) in [7, 11) is 0. The Morgan fingerprint density at radius 1 is 0.958 bits per heavy atom. The van der Waals surface area contributed by atoms with E-state index in [2.05, 4.69) is 0 Å². The fourth-order valence-electron chi connectivity index (χ4n) is 2.52. The van der Waals surface area contributed by atoms with Gasteiger partial charge in [0, 0.05) is 28.8 Å². The number of nitrogens with zero attached hydrogens (tertiary/aromatic N) is 1. The number of rotatable bonds is 5. The fourth-order valence-corrected chi connectivity index (χ4v) is 2.52. The van der Waals surface area contributed by atoms with E-state index in [1.165, 1.54) is 18.2 Å². The van der Waals surface area contributed by atoms with Crippen molar-refractivity contribution in [3.8, 4) is 0 Å². The molecule has 120 valence electrons. The van der Waals surface area contributed by atoms with Gasteiger partial charge in [-0.05, 0) is 11.6 Å². The van der Waals surface area contributed by atoms with Gasteiger partial charge in [-0.15, -0.1) is 0 Å². The van der Waals surface area contributed by atoms with E-state index < -0.39 is 4.92 Å². The van der Waals surface area contributed by atoms with Gasteiger partial charge in [-0.25, -0.2) is 0 Å². The van der Waals surface area contributed by atoms with Crippen LogP contribution in [0.2, 0.25) is 0 Å². The molecule has 0 spiro atoms. The third-order valence-corrected chi connectivity index (χ3v) is 3.68. The Morgan fingerprint density at radius 2 is 1.71 bits per heavy atom. The first-order valence-electron chi connectivity index (χ1n) is 7.26. The molecule has 3 rings (SSSR count). The molecule has 2 aromatic rings. The summed E-state index contributed by atoms with van der Waals surface area (Å²) >= 11 is 0. The van der Waals surface area contributed by atoms with E-state index in [4.69, 9.17) is 4.74 Å². The number of hydrogen-bond donors (Lipinski definition) is 0. The van der Waals surface area contributed by atoms with E-state index in [0.717, 1.165) is 0 Å². The van der Waals surface area contributed by atoms with E-state index in [1.54, 1.807) is 36.4 Å². The first kappa shape index (κ1) is 15.8. The molecule has 0 radical (unpaired) electrons. The van der Waals surface area contributed by atoms with Gasteiger partial charge in [-0.3, -0.25) is 19.7 Å². The summed E-state index contributed by atoms with van der Waals surface area (Å²) in [6.45, 7) is 0.0870. The average Bonchev–Trinajstić information content (AvgIpc) is 2.59. The third-order valence-electron chi connectivity index (χ3n) is 3.68. The van der Waals surface area contributed by atoms with Crippen LogP contribution in [0.4, 0.5) is 5.69 Å². The van der Waals surface area contributed by atoms with Crippen molar-refractivity contribution < 1.29 is 19.2 Å². The Morgan fingerprint density at radius 3 is 2.46 bits per heavy atom. The molecule has 0 aromatic heterocycles. The Bertz CT molecular complexity index is 869. The SMILES string of the molecule is O=C1C=C(COCc2cccc([N+](=O)[O-])c2)C(=O)c2ccccc21.